The molecule has 7 atom stereocenters. The number of ketones is 1. The molecule has 4 aliphatic carbocycles. The summed E-state index contributed by atoms with van der Waals surface area (Å²) in [6, 6.07) is 15.5. The summed E-state index contributed by atoms with van der Waals surface area (Å²) < 4.78 is 123. The SMILES string of the molecule is CCOC(=O)C1=CC(=O)CCC1SCc1ccc(F)cc1Cl.CCOC(=O)C1=CC(O)CCC1S(=O)(=O)Cc1ccc(F)cc1Cl.CCOC(=O)C1=CC(O)CCC1SCc1ccc(F)cc1Cl.CCOC(=O)C1=C[C@@H](O)CC[C@H]1S(=O)(=O)Cc1ccc(F)cc1Cl. The molecule has 0 bridgehead atoms. The molecule has 0 amide bonds. The number of rotatable bonds is 20. The molecule has 5 unspecified atom stereocenters. The number of aliphatic hydroxyl groups is 3. The van der Waals surface area contributed by atoms with Crippen molar-refractivity contribution < 1.29 is 92.6 Å². The van der Waals surface area contributed by atoms with Gasteiger partial charge in [0.15, 0.2) is 25.5 Å². The zero-order valence-corrected chi connectivity index (χ0v) is 56.7. The van der Waals surface area contributed by atoms with Crippen molar-refractivity contribution in [2.24, 2.45) is 0 Å². The van der Waals surface area contributed by atoms with Crippen LogP contribution in [-0.4, -0.2) is 128 Å². The molecule has 16 nitrogen and oxygen atoms in total. The van der Waals surface area contributed by atoms with Crippen LogP contribution < -0.4 is 0 Å². The van der Waals surface area contributed by atoms with Gasteiger partial charge in [-0.3, -0.25) is 4.79 Å². The van der Waals surface area contributed by atoms with Crippen LogP contribution in [0.5, 0.6) is 0 Å². The summed E-state index contributed by atoms with van der Waals surface area (Å²) in [5.74, 6) is -4.02. The summed E-state index contributed by atoms with van der Waals surface area (Å²) in [7, 11) is -7.59. The van der Waals surface area contributed by atoms with Gasteiger partial charge in [-0.15, -0.1) is 23.5 Å². The summed E-state index contributed by atoms with van der Waals surface area (Å²) in [5, 5.41) is 27.6. The number of allylic oxidation sites excluding steroid dienone is 1. The van der Waals surface area contributed by atoms with Crippen molar-refractivity contribution >= 4 is 119 Å². The topological polar surface area (TPSA) is 251 Å². The average Bonchev–Trinajstić information content (AvgIpc) is 0.855. The van der Waals surface area contributed by atoms with E-state index in [1.165, 1.54) is 66.4 Å². The van der Waals surface area contributed by atoms with E-state index in [4.69, 9.17) is 65.4 Å². The molecular weight excluding hydrogens is 1370 g/mol. The highest BCUT2D eigenvalue weighted by Gasteiger charge is 2.39. The molecular formula is C64H70Cl4F4O16S4. The molecule has 0 saturated carbocycles. The molecule has 0 radical (unpaired) electrons. The number of thioether (sulfide) groups is 2. The van der Waals surface area contributed by atoms with Crippen molar-refractivity contribution in [1.29, 1.82) is 0 Å². The molecule has 0 saturated heterocycles. The first-order valence-corrected chi connectivity index (χ1v) is 36.1. The fourth-order valence-corrected chi connectivity index (χ4v) is 17.4. The Labute approximate surface area is 560 Å². The van der Waals surface area contributed by atoms with E-state index in [0.717, 1.165) is 35.4 Å². The Balaban J connectivity index is 0.000000223. The Morgan fingerprint density at radius 3 is 1.11 bits per heavy atom. The summed E-state index contributed by atoms with van der Waals surface area (Å²) in [6.45, 7) is 7.46. The number of carbonyl (C=O) groups excluding carboxylic acids is 5. The Hall–Kier alpha value is -5.25. The molecule has 92 heavy (non-hydrogen) atoms. The lowest BCUT2D eigenvalue weighted by molar-refractivity contribution is -0.139. The van der Waals surface area contributed by atoms with Crippen molar-refractivity contribution in [3.8, 4) is 0 Å². The van der Waals surface area contributed by atoms with Crippen molar-refractivity contribution in [2.75, 3.05) is 26.4 Å². The molecule has 0 fully saturated rings. The third-order valence-corrected chi connectivity index (χ3v) is 22.5. The molecule has 3 N–H and O–H groups in total. The second-order valence-electron chi connectivity index (χ2n) is 20.9. The minimum absolute atomic E-state index is 0.0103. The first-order chi connectivity index (χ1) is 43.5. The largest absolute Gasteiger partial charge is 0.463 e. The summed E-state index contributed by atoms with van der Waals surface area (Å²) in [4.78, 5) is 59.5. The van der Waals surface area contributed by atoms with Gasteiger partial charge in [0.1, 0.15) is 23.3 Å². The van der Waals surface area contributed by atoms with Crippen LogP contribution >= 0.6 is 69.9 Å². The molecule has 8 rings (SSSR count). The molecule has 0 heterocycles. The lowest BCUT2D eigenvalue weighted by atomic mass is 9.97. The van der Waals surface area contributed by atoms with Gasteiger partial charge in [0, 0.05) is 54.1 Å². The minimum Gasteiger partial charge on any atom is -0.463 e. The smallest absolute Gasteiger partial charge is 0.335 e. The predicted molar refractivity (Wildman–Crippen MR) is 347 cm³/mol. The van der Waals surface area contributed by atoms with E-state index in [-0.39, 0.29) is 112 Å². The quantitative estimate of drug-likeness (QED) is 0.0422. The van der Waals surface area contributed by atoms with Gasteiger partial charge in [0.25, 0.3) is 0 Å². The number of esters is 4. The number of ether oxygens (including phenoxy) is 4. The Kier molecular flexibility index (Phi) is 31.3. The highest BCUT2D eigenvalue weighted by atomic mass is 35.5. The molecule has 502 valence electrons. The Morgan fingerprint density at radius 1 is 0.457 bits per heavy atom. The summed E-state index contributed by atoms with van der Waals surface area (Å²) >= 11 is 26.9. The molecule has 28 heteroatoms. The second kappa shape index (κ2) is 37.2. The van der Waals surface area contributed by atoms with Gasteiger partial charge in [0.2, 0.25) is 0 Å². The van der Waals surface area contributed by atoms with Crippen LogP contribution in [0.25, 0.3) is 0 Å². The van der Waals surface area contributed by atoms with Crippen molar-refractivity contribution in [1.82, 2.24) is 0 Å². The summed E-state index contributed by atoms with van der Waals surface area (Å²) in [6.07, 6.45) is 6.01. The van der Waals surface area contributed by atoms with Crippen LogP contribution in [0.3, 0.4) is 0 Å². The van der Waals surface area contributed by atoms with E-state index in [1.54, 1.807) is 57.7 Å². The molecule has 4 aliphatic rings. The van der Waals surface area contributed by atoms with Gasteiger partial charge < -0.3 is 34.3 Å². The molecule has 4 aromatic rings. The fraction of sp³-hybridized carbons (Fsp3) is 0.422. The van der Waals surface area contributed by atoms with E-state index in [0.29, 0.717) is 65.0 Å². The zero-order valence-electron chi connectivity index (χ0n) is 50.4. The third kappa shape index (κ3) is 23.6. The van der Waals surface area contributed by atoms with Gasteiger partial charge in [-0.05, 0) is 168 Å². The summed E-state index contributed by atoms with van der Waals surface area (Å²) in [5.41, 5.74) is 2.92. The number of benzene rings is 4. The van der Waals surface area contributed by atoms with Crippen LogP contribution in [0.15, 0.2) is 119 Å². The van der Waals surface area contributed by atoms with Crippen molar-refractivity contribution in [2.45, 2.75) is 141 Å². The maximum absolute atomic E-state index is 13.1. The molecule has 0 aromatic heterocycles. The predicted octanol–water partition coefficient (Wildman–Crippen LogP) is 12.5. The maximum atomic E-state index is 13.1. The number of carbonyl (C=O) groups is 5. The van der Waals surface area contributed by atoms with Gasteiger partial charge in [-0.25, -0.2) is 53.6 Å². The zero-order chi connectivity index (χ0) is 68.0. The first-order valence-electron chi connectivity index (χ1n) is 29.0. The first kappa shape index (κ1) is 77.5. The normalized spacial score (nSPS) is 20.5. The lowest BCUT2D eigenvalue weighted by Crippen LogP contribution is -2.34. The third-order valence-electron chi connectivity index (χ3n) is 14.2. The van der Waals surface area contributed by atoms with Crippen LogP contribution in [0.2, 0.25) is 20.1 Å². The Morgan fingerprint density at radius 2 is 0.761 bits per heavy atom. The van der Waals surface area contributed by atoms with E-state index >= 15 is 0 Å². The standard InChI is InChI=1S/2C16H18ClFO5S.C16H18ClFO3S.C16H16ClFO3S/c2*1-2-23-16(20)13-8-12(19)5-6-15(13)24(21,22)9-10-3-4-11(18)7-14(10)17;2*1-2-21-16(20)13-8-12(19)5-6-15(13)22-9-10-3-4-11(18)7-14(10)17/h2*3-4,7-8,12,15,19H,2,5-6,9H2,1H3;3-4,7-8,12,15,19H,2,5-6,9H2,1H3;3-4,7-8,15H,2,5-6,9H2,1H3/t12-,15+;;;/m0.../s1. The van der Waals surface area contributed by atoms with E-state index in [9.17, 15) is 73.7 Å². The monoisotopic (exact) mass is 1440 g/mol. The van der Waals surface area contributed by atoms with Gasteiger partial charge in [0.05, 0.1) is 83.5 Å². The van der Waals surface area contributed by atoms with Crippen LogP contribution in [0.4, 0.5) is 17.6 Å². The van der Waals surface area contributed by atoms with E-state index < -0.39 is 89.5 Å². The number of aliphatic hydroxyl groups excluding tert-OH is 3. The highest BCUT2D eigenvalue weighted by molar-refractivity contribution is 7.99. The van der Waals surface area contributed by atoms with Gasteiger partial charge in [-0.2, -0.15) is 0 Å². The van der Waals surface area contributed by atoms with Crippen molar-refractivity contribution in [3.05, 3.63) is 185 Å². The number of hydrogen-bond donors (Lipinski definition) is 3. The van der Waals surface area contributed by atoms with E-state index in [1.807, 2.05) is 0 Å². The second-order valence-corrected chi connectivity index (χ2v) is 29.3. The van der Waals surface area contributed by atoms with Crippen LogP contribution in [0.1, 0.15) is 101 Å². The van der Waals surface area contributed by atoms with Gasteiger partial charge in [-0.1, -0.05) is 70.7 Å². The molecule has 0 spiro atoms. The Bertz CT molecular complexity index is 3510. The molecule has 0 aliphatic heterocycles. The number of hydrogen-bond acceptors (Lipinski definition) is 18. The van der Waals surface area contributed by atoms with Gasteiger partial charge >= 0.3 is 23.9 Å². The number of halogens is 8. The highest BCUT2D eigenvalue weighted by Crippen LogP contribution is 2.37. The number of sulfone groups is 2. The molecule has 4 aromatic carbocycles. The van der Waals surface area contributed by atoms with Crippen LogP contribution in [0, 0.1) is 23.3 Å². The van der Waals surface area contributed by atoms with Crippen molar-refractivity contribution in [3.63, 3.8) is 0 Å². The lowest BCUT2D eigenvalue weighted by Gasteiger charge is -2.25. The average molecular weight is 1440 g/mol. The van der Waals surface area contributed by atoms with E-state index in [2.05, 4.69) is 0 Å². The minimum atomic E-state index is -3.79. The van der Waals surface area contributed by atoms with Crippen LogP contribution in [-0.2, 0) is 85.6 Å². The maximum Gasteiger partial charge on any atom is 0.335 e. The fourth-order valence-electron chi connectivity index (χ4n) is 9.70.